The number of hydrogen-bond donors (Lipinski definition) is 3. The van der Waals surface area contributed by atoms with Crippen molar-refractivity contribution < 1.29 is 18.4 Å². The molecule has 4 N–H and O–H groups in total. The monoisotopic (exact) mass is 313 g/mol. The van der Waals surface area contributed by atoms with Crippen LogP contribution < -0.4 is 16.4 Å². The average molecular weight is 313 g/mol. The van der Waals surface area contributed by atoms with Crippen LogP contribution in [0.2, 0.25) is 0 Å². The number of carbonyl (C=O) groups is 2. The quantitative estimate of drug-likeness (QED) is 0.739. The minimum Gasteiger partial charge on any atom is -0.348 e. The van der Waals surface area contributed by atoms with E-state index in [1.807, 2.05) is 0 Å². The van der Waals surface area contributed by atoms with Gasteiger partial charge in [0.15, 0.2) is 0 Å². The summed E-state index contributed by atoms with van der Waals surface area (Å²) in [7, 11) is 0. The first kappa shape index (κ1) is 18.0. The summed E-state index contributed by atoms with van der Waals surface area (Å²) >= 11 is 0. The molecule has 22 heavy (non-hydrogen) atoms. The van der Waals surface area contributed by atoms with E-state index in [2.05, 4.69) is 10.6 Å². The number of nitrogens with two attached hydrogens (primary N) is 1. The van der Waals surface area contributed by atoms with Crippen LogP contribution in [0, 0.1) is 17.6 Å². The van der Waals surface area contributed by atoms with Gasteiger partial charge in [-0.05, 0) is 25.0 Å². The van der Waals surface area contributed by atoms with Crippen molar-refractivity contribution in [3.05, 3.63) is 35.4 Å². The SMILES string of the molecule is CC(NC(=O)CNC(=O)[C@@H](N)C(C)C)c1c(F)cccc1F. The topological polar surface area (TPSA) is 84.2 Å². The summed E-state index contributed by atoms with van der Waals surface area (Å²) in [6.45, 7) is 4.72. The molecule has 0 aliphatic rings. The maximum Gasteiger partial charge on any atom is 0.239 e. The van der Waals surface area contributed by atoms with Crippen LogP contribution in [0.4, 0.5) is 8.78 Å². The molecule has 2 atom stereocenters. The summed E-state index contributed by atoms with van der Waals surface area (Å²) < 4.78 is 27.2. The van der Waals surface area contributed by atoms with Crippen LogP contribution in [0.25, 0.3) is 0 Å². The fourth-order valence-electron chi connectivity index (χ4n) is 1.88. The molecule has 0 fully saturated rings. The Morgan fingerprint density at radius 1 is 1.18 bits per heavy atom. The van der Waals surface area contributed by atoms with Crippen molar-refractivity contribution in [2.45, 2.75) is 32.9 Å². The summed E-state index contributed by atoms with van der Waals surface area (Å²) in [5, 5.41) is 4.81. The average Bonchev–Trinajstić information content (AvgIpc) is 2.43. The second kappa shape index (κ2) is 7.84. The predicted octanol–water partition coefficient (Wildman–Crippen LogP) is 1.24. The minimum atomic E-state index is -0.857. The molecule has 1 aromatic carbocycles. The molecule has 0 spiro atoms. The van der Waals surface area contributed by atoms with E-state index in [0.717, 1.165) is 12.1 Å². The van der Waals surface area contributed by atoms with Gasteiger partial charge in [-0.25, -0.2) is 8.78 Å². The van der Waals surface area contributed by atoms with Gasteiger partial charge in [-0.15, -0.1) is 0 Å². The molecule has 1 aromatic rings. The highest BCUT2D eigenvalue weighted by Crippen LogP contribution is 2.19. The maximum atomic E-state index is 13.6. The summed E-state index contributed by atoms with van der Waals surface area (Å²) in [5.41, 5.74) is 5.41. The zero-order valence-electron chi connectivity index (χ0n) is 12.8. The summed E-state index contributed by atoms with van der Waals surface area (Å²) in [5.74, 6) is -2.54. The van der Waals surface area contributed by atoms with Gasteiger partial charge in [0.05, 0.1) is 18.6 Å². The van der Waals surface area contributed by atoms with E-state index >= 15 is 0 Å². The van der Waals surface area contributed by atoms with Gasteiger partial charge in [0, 0.05) is 5.56 Å². The molecule has 0 bridgehead atoms. The van der Waals surface area contributed by atoms with Crippen molar-refractivity contribution in [2.75, 3.05) is 6.54 Å². The van der Waals surface area contributed by atoms with Crippen LogP contribution in [0.1, 0.15) is 32.4 Å². The summed E-state index contributed by atoms with van der Waals surface area (Å²) in [6, 6.07) is 1.91. The highest BCUT2D eigenvalue weighted by Gasteiger charge is 2.20. The van der Waals surface area contributed by atoms with Crippen molar-refractivity contribution in [3.8, 4) is 0 Å². The van der Waals surface area contributed by atoms with Crippen molar-refractivity contribution in [3.63, 3.8) is 0 Å². The number of halogens is 2. The van der Waals surface area contributed by atoms with E-state index in [9.17, 15) is 18.4 Å². The Morgan fingerprint density at radius 3 is 2.23 bits per heavy atom. The van der Waals surface area contributed by atoms with Gasteiger partial charge in [-0.1, -0.05) is 19.9 Å². The number of hydrogen-bond acceptors (Lipinski definition) is 3. The van der Waals surface area contributed by atoms with Crippen molar-refractivity contribution in [2.24, 2.45) is 11.7 Å². The minimum absolute atomic E-state index is 0.0607. The van der Waals surface area contributed by atoms with E-state index in [4.69, 9.17) is 5.73 Å². The molecule has 1 unspecified atom stereocenters. The Bertz CT molecular complexity index is 529. The molecule has 0 saturated heterocycles. The number of benzene rings is 1. The van der Waals surface area contributed by atoms with Crippen LogP contribution in [0.15, 0.2) is 18.2 Å². The fourth-order valence-corrected chi connectivity index (χ4v) is 1.88. The molecule has 0 aromatic heterocycles. The summed E-state index contributed by atoms with van der Waals surface area (Å²) in [4.78, 5) is 23.4. The van der Waals surface area contributed by atoms with Crippen LogP contribution in [-0.4, -0.2) is 24.4 Å². The Balaban J connectivity index is 2.57. The smallest absolute Gasteiger partial charge is 0.239 e. The Labute approximate surface area is 128 Å². The first-order chi connectivity index (χ1) is 10.2. The zero-order valence-corrected chi connectivity index (χ0v) is 12.8. The molecule has 1 rings (SSSR count). The van der Waals surface area contributed by atoms with Gasteiger partial charge in [0.1, 0.15) is 11.6 Å². The maximum absolute atomic E-state index is 13.6. The molecule has 0 radical (unpaired) electrons. The zero-order chi connectivity index (χ0) is 16.9. The number of amides is 2. The molecule has 2 amide bonds. The Kier molecular flexibility index (Phi) is 6.42. The second-order valence-corrected chi connectivity index (χ2v) is 5.41. The van der Waals surface area contributed by atoms with Gasteiger partial charge >= 0.3 is 0 Å². The Hall–Kier alpha value is -2.02. The predicted molar refractivity (Wildman–Crippen MR) is 78.7 cm³/mol. The van der Waals surface area contributed by atoms with Crippen molar-refractivity contribution in [1.29, 1.82) is 0 Å². The first-order valence-electron chi connectivity index (χ1n) is 7.00. The number of rotatable bonds is 6. The van der Waals surface area contributed by atoms with Crippen LogP contribution in [0.5, 0.6) is 0 Å². The number of carbonyl (C=O) groups excluding carboxylic acids is 2. The molecule has 122 valence electrons. The van der Waals surface area contributed by atoms with Gasteiger partial charge < -0.3 is 16.4 Å². The van der Waals surface area contributed by atoms with Crippen molar-refractivity contribution in [1.82, 2.24) is 10.6 Å². The van der Waals surface area contributed by atoms with E-state index < -0.39 is 35.5 Å². The first-order valence-corrected chi connectivity index (χ1v) is 7.00. The lowest BCUT2D eigenvalue weighted by Gasteiger charge is -2.18. The molecular formula is C15H21F2N3O2. The molecule has 0 saturated carbocycles. The molecular weight excluding hydrogens is 292 g/mol. The van der Waals surface area contributed by atoms with Gasteiger partial charge in [-0.3, -0.25) is 9.59 Å². The largest absolute Gasteiger partial charge is 0.348 e. The highest BCUT2D eigenvalue weighted by atomic mass is 19.1. The van der Waals surface area contributed by atoms with Gasteiger partial charge in [0.25, 0.3) is 0 Å². The van der Waals surface area contributed by atoms with E-state index in [-0.39, 0.29) is 18.0 Å². The van der Waals surface area contributed by atoms with E-state index in [1.54, 1.807) is 13.8 Å². The van der Waals surface area contributed by atoms with Crippen LogP contribution >= 0.6 is 0 Å². The normalized spacial score (nSPS) is 13.6. The van der Waals surface area contributed by atoms with E-state index in [1.165, 1.54) is 13.0 Å². The third-order valence-electron chi connectivity index (χ3n) is 3.25. The standard InChI is InChI=1S/C15H21F2N3O2/c1-8(2)14(18)15(22)19-7-12(21)20-9(3)13-10(16)5-4-6-11(13)17/h4-6,8-9,14H,7,18H2,1-3H3,(H,19,22)(H,20,21)/t9?,14-/m0/s1. The lowest BCUT2D eigenvalue weighted by atomic mass is 10.1. The lowest BCUT2D eigenvalue weighted by Crippen LogP contribution is -2.47. The van der Waals surface area contributed by atoms with Gasteiger partial charge in [-0.2, -0.15) is 0 Å². The highest BCUT2D eigenvalue weighted by molar-refractivity contribution is 5.87. The summed E-state index contributed by atoms with van der Waals surface area (Å²) in [6.07, 6.45) is 0. The molecule has 0 aliphatic carbocycles. The molecule has 0 heterocycles. The van der Waals surface area contributed by atoms with Crippen LogP contribution in [0.3, 0.4) is 0 Å². The third-order valence-corrected chi connectivity index (χ3v) is 3.25. The Morgan fingerprint density at radius 2 is 1.73 bits per heavy atom. The van der Waals surface area contributed by atoms with Crippen LogP contribution in [-0.2, 0) is 9.59 Å². The van der Waals surface area contributed by atoms with E-state index in [0.29, 0.717) is 0 Å². The molecule has 7 heteroatoms. The lowest BCUT2D eigenvalue weighted by molar-refractivity contribution is -0.127. The van der Waals surface area contributed by atoms with Gasteiger partial charge in [0.2, 0.25) is 11.8 Å². The third kappa shape index (κ3) is 4.77. The van der Waals surface area contributed by atoms with Crippen molar-refractivity contribution >= 4 is 11.8 Å². The number of nitrogens with one attached hydrogen (secondary N) is 2. The molecule has 5 nitrogen and oxygen atoms in total. The molecule has 0 aliphatic heterocycles. The second-order valence-electron chi connectivity index (χ2n) is 5.41. The fraction of sp³-hybridized carbons (Fsp3) is 0.467.